The van der Waals surface area contributed by atoms with Gasteiger partial charge in [-0.15, -0.1) is 0 Å². The van der Waals surface area contributed by atoms with Gasteiger partial charge >= 0.3 is 12.4 Å². The zero-order valence-electron chi connectivity index (χ0n) is 20.8. The van der Waals surface area contributed by atoms with Crippen LogP contribution in [0.25, 0.3) is 0 Å². The Morgan fingerprint density at radius 1 is 0.946 bits per heavy atom. The van der Waals surface area contributed by atoms with Gasteiger partial charge in [0.25, 0.3) is 0 Å². The molecule has 3 rings (SSSR count). The zero-order valence-corrected chi connectivity index (χ0v) is 20.8. The smallest absolute Gasteiger partial charge is 0.370 e. The normalized spacial score (nSPS) is 21.4. The molecule has 0 heterocycles. The van der Waals surface area contributed by atoms with Gasteiger partial charge in [-0.05, 0) is 68.3 Å². The highest BCUT2D eigenvalue weighted by Gasteiger charge is 2.42. The molecule has 0 aliphatic heterocycles. The number of hydrogen-bond acceptors (Lipinski definition) is 3. The molecule has 4 nitrogen and oxygen atoms in total. The third-order valence-electron chi connectivity index (χ3n) is 6.72. The molecule has 2 aromatic rings. The van der Waals surface area contributed by atoms with E-state index >= 15 is 0 Å². The Balaban J connectivity index is 1.93. The third-order valence-corrected chi connectivity index (χ3v) is 6.72. The first-order chi connectivity index (χ1) is 17.1. The minimum Gasteiger partial charge on any atom is -0.370 e. The molecule has 0 N–H and O–H groups in total. The summed E-state index contributed by atoms with van der Waals surface area (Å²) in [6.45, 7) is 1.50. The number of benzene rings is 2. The first-order valence-electron chi connectivity index (χ1n) is 11.7. The highest BCUT2D eigenvalue weighted by Crippen LogP contribution is 2.43. The summed E-state index contributed by atoms with van der Waals surface area (Å²) < 4.78 is 99.8. The molecule has 11 heteroatoms. The van der Waals surface area contributed by atoms with Crippen LogP contribution in [0.3, 0.4) is 0 Å². The Hall–Kier alpha value is -2.66. The molecule has 2 aromatic carbocycles. The van der Waals surface area contributed by atoms with Crippen LogP contribution in [0.1, 0.15) is 54.0 Å². The van der Waals surface area contributed by atoms with E-state index < -0.39 is 47.4 Å². The van der Waals surface area contributed by atoms with Gasteiger partial charge < -0.3 is 9.64 Å². The lowest BCUT2D eigenvalue weighted by atomic mass is 9.91. The number of halogens is 7. The number of rotatable bonds is 7. The van der Waals surface area contributed by atoms with Crippen LogP contribution in [-0.2, 0) is 21.9 Å². The van der Waals surface area contributed by atoms with Crippen LogP contribution in [0.2, 0.25) is 0 Å². The lowest BCUT2D eigenvalue weighted by molar-refractivity contribution is -0.143. The molecule has 0 unspecified atom stereocenters. The summed E-state index contributed by atoms with van der Waals surface area (Å²) in [5.41, 5.74) is -2.37. The third kappa shape index (κ3) is 7.01. The highest BCUT2D eigenvalue weighted by molar-refractivity contribution is 5.77. The number of hydrogen-bond donors (Lipinski definition) is 0. The van der Waals surface area contributed by atoms with Crippen molar-refractivity contribution in [2.24, 2.45) is 0 Å². The number of alkyl halides is 6. The Morgan fingerprint density at radius 2 is 1.49 bits per heavy atom. The standard InChI is InChI=1S/C26H29F7N2O2/c1-15(17-11-18(25(28,29)30)13-19(12-17)26(31,32)33)37-22-10-9-21(35(4)14-23(36)34(2)3)24(22)16-5-7-20(27)8-6-16/h5-8,11-13,15,21-22,24H,9-10,14H2,1-4H3/t15-,21-,22+,24-/m1/s1. The molecule has 0 bridgehead atoms. The minimum atomic E-state index is -4.97. The van der Waals surface area contributed by atoms with Gasteiger partial charge in [-0.3, -0.25) is 9.69 Å². The van der Waals surface area contributed by atoms with Gasteiger partial charge in [-0.1, -0.05) is 12.1 Å². The molecule has 1 aliphatic rings. The van der Waals surface area contributed by atoms with Crippen LogP contribution in [-0.4, -0.2) is 55.5 Å². The van der Waals surface area contributed by atoms with Crippen molar-refractivity contribution in [2.45, 2.75) is 56.3 Å². The van der Waals surface area contributed by atoms with Gasteiger partial charge in [-0.2, -0.15) is 26.3 Å². The summed E-state index contributed by atoms with van der Waals surface area (Å²) in [5.74, 6) is -0.985. The summed E-state index contributed by atoms with van der Waals surface area (Å²) in [5, 5.41) is 0. The zero-order chi connectivity index (χ0) is 27.7. The SMILES string of the molecule is C[C@@H](O[C@H]1CC[C@@H](N(C)CC(=O)N(C)C)[C@H]1c1ccc(F)cc1)c1cc(C(F)(F)F)cc(C(F)(F)F)c1. The quantitative estimate of drug-likeness (QED) is 0.393. The summed E-state index contributed by atoms with van der Waals surface area (Å²) in [6, 6.07) is 6.90. The van der Waals surface area contributed by atoms with Crippen LogP contribution in [0, 0.1) is 5.82 Å². The molecule has 1 aliphatic carbocycles. The second-order valence-electron chi connectivity index (χ2n) is 9.58. The number of carbonyl (C=O) groups is 1. The fourth-order valence-corrected chi connectivity index (χ4v) is 4.74. The first-order valence-corrected chi connectivity index (χ1v) is 11.7. The molecule has 4 atom stereocenters. The highest BCUT2D eigenvalue weighted by atomic mass is 19.4. The molecule has 37 heavy (non-hydrogen) atoms. The van der Waals surface area contributed by atoms with Gasteiger partial charge in [0.05, 0.1) is 29.9 Å². The molecule has 1 saturated carbocycles. The second-order valence-corrected chi connectivity index (χ2v) is 9.58. The van der Waals surface area contributed by atoms with E-state index in [4.69, 9.17) is 4.74 Å². The predicted molar refractivity (Wildman–Crippen MR) is 123 cm³/mol. The van der Waals surface area contributed by atoms with E-state index in [0.29, 0.717) is 30.5 Å². The lowest BCUT2D eigenvalue weighted by Gasteiger charge is -2.33. The molecule has 1 amide bonds. The summed E-state index contributed by atoms with van der Waals surface area (Å²) in [4.78, 5) is 15.6. The average Bonchev–Trinajstić information content (AvgIpc) is 3.21. The average molecular weight is 535 g/mol. The van der Waals surface area contributed by atoms with Gasteiger partial charge in [0.1, 0.15) is 5.82 Å². The second kappa shape index (κ2) is 11.0. The maximum absolute atomic E-state index is 13.6. The van der Waals surface area contributed by atoms with E-state index in [1.807, 2.05) is 4.90 Å². The van der Waals surface area contributed by atoms with E-state index in [2.05, 4.69) is 0 Å². The molecule has 1 fully saturated rings. The van der Waals surface area contributed by atoms with Crippen molar-refractivity contribution in [2.75, 3.05) is 27.7 Å². The van der Waals surface area contributed by atoms with Gasteiger partial charge in [-0.25, -0.2) is 4.39 Å². The van der Waals surface area contributed by atoms with E-state index in [1.54, 1.807) is 33.3 Å². The van der Waals surface area contributed by atoms with Gasteiger partial charge in [0.2, 0.25) is 5.91 Å². The van der Waals surface area contributed by atoms with Crippen LogP contribution in [0.5, 0.6) is 0 Å². The molecule has 204 valence electrons. The van der Waals surface area contributed by atoms with Crippen molar-refractivity contribution >= 4 is 5.91 Å². The lowest BCUT2D eigenvalue weighted by Crippen LogP contribution is -2.42. The Labute approximate surface area is 211 Å². The Morgan fingerprint density at radius 3 is 1.97 bits per heavy atom. The van der Waals surface area contributed by atoms with Gasteiger partial charge in [0, 0.05) is 26.1 Å². The first kappa shape index (κ1) is 28.9. The largest absolute Gasteiger partial charge is 0.416 e. The summed E-state index contributed by atoms with van der Waals surface area (Å²) in [6.07, 6.45) is -10.6. The molecule has 0 aromatic heterocycles. The predicted octanol–water partition coefficient (Wildman–Crippen LogP) is 6.28. The number of carbonyl (C=O) groups excluding carboxylic acids is 1. The molecule has 0 spiro atoms. The van der Waals surface area contributed by atoms with Gasteiger partial charge in [0.15, 0.2) is 0 Å². The fraction of sp³-hybridized carbons (Fsp3) is 0.500. The van der Waals surface area contributed by atoms with Crippen molar-refractivity contribution < 1.29 is 40.3 Å². The van der Waals surface area contributed by atoms with Crippen LogP contribution >= 0.6 is 0 Å². The monoisotopic (exact) mass is 534 g/mol. The number of ether oxygens (including phenoxy) is 1. The van der Waals surface area contributed by atoms with E-state index in [0.717, 1.165) is 0 Å². The number of amides is 1. The van der Waals surface area contributed by atoms with Crippen LogP contribution in [0.15, 0.2) is 42.5 Å². The minimum absolute atomic E-state index is 0.0832. The Bertz CT molecular complexity index is 1050. The molecular formula is C26H29F7N2O2. The summed E-state index contributed by atoms with van der Waals surface area (Å²) >= 11 is 0. The van der Waals surface area contributed by atoms with Crippen molar-refractivity contribution in [1.29, 1.82) is 0 Å². The van der Waals surface area contributed by atoms with Crippen LogP contribution < -0.4 is 0 Å². The molecular weight excluding hydrogens is 505 g/mol. The van der Waals surface area contributed by atoms with Crippen LogP contribution in [0.4, 0.5) is 30.7 Å². The summed E-state index contributed by atoms with van der Waals surface area (Å²) in [7, 11) is 5.01. The maximum atomic E-state index is 13.6. The van der Waals surface area contributed by atoms with E-state index in [9.17, 15) is 35.5 Å². The number of nitrogens with zero attached hydrogens (tertiary/aromatic N) is 2. The fourth-order valence-electron chi connectivity index (χ4n) is 4.74. The van der Waals surface area contributed by atoms with E-state index in [1.165, 1.54) is 24.0 Å². The Kier molecular flexibility index (Phi) is 8.58. The topological polar surface area (TPSA) is 32.8 Å². The van der Waals surface area contributed by atoms with E-state index in [-0.39, 0.29) is 30.1 Å². The van der Waals surface area contributed by atoms with Crippen molar-refractivity contribution in [3.8, 4) is 0 Å². The van der Waals surface area contributed by atoms with Crippen molar-refractivity contribution in [1.82, 2.24) is 9.80 Å². The number of likely N-dealkylation sites (N-methyl/N-ethyl adjacent to an activating group) is 2. The maximum Gasteiger partial charge on any atom is 0.416 e. The van der Waals surface area contributed by atoms with Crippen molar-refractivity contribution in [3.05, 3.63) is 70.5 Å². The molecule has 0 radical (unpaired) electrons. The molecule has 0 saturated heterocycles. The van der Waals surface area contributed by atoms with Crippen molar-refractivity contribution in [3.63, 3.8) is 0 Å².